The van der Waals surface area contributed by atoms with Gasteiger partial charge in [-0.2, -0.15) is 0 Å². The molecule has 7 nitrogen and oxygen atoms in total. The van der Waals surface area contributed by atoms with Gasteiger partial charge in [0, 0.05) is 32.2 Å². The fourth-order valence-electron chi connectivity index (χ4n) is 3.63. The standard InChI is InChI=1S/C20H35N5O2S/c1-5-25-12-8-11-19(25)14-23-20(21-4)22-13-17-9-6-7-10-18(17)15-28(26,27)24-16(2)3/h6-7,9-10,16,19,24H,5,8,11-15H2,1-4H3,(H2,21,22,23). The molecule has 1 fully saturated rings. The van der Waals surface area contributed by atoms with Crippen molar-refractivity contribution < 1.29 is 8.42 Å². The first-order valence-electron chi connectivity index (χ1n) is 10.1. The van der Waals surface area contributed by atoms with Crippen LogP contribution in [0.15, 0.2) is 29.3 Å². The van der Waals surface area contributed by atoms with Crippen LogP contribution in [0.4, 0.5) is 0 Å². The van der Waals surface area contributed by atoms with Gasteiger partial charge in [0.2, 0.25) is 10.0 Å². The molecule has 0 radical (unpaired) electrons. The summed E-state index contributed by atoms with van der Waals surface area (Å²) in [7, 11) is -1.61. The average molecular weight is 410 g/mol. The minimum atomic E-state index is -3.36. The molecule has 0 aliphatic carbocycles. The highest BCUT2D eigenvalue weighted by atomic mass is 32.2. The molecule has 1 aromatic rings. The summed E-state index contributed by atoms with van der Waals surface area (Å²) in [4.78, 5) is 6.79. The Hall–Kier alpha value is -1.64. The van der Waals surface area contributed by atoms with Gasteiger partial charge in [0.25, 0.3) is 0 Å². The number of guanidine groups is 1. The molecule has 0 aromatic heterocycles. The fraction of sp³-hybridized carbons (Fsp3) is 0.650. The van der Waals surface area contributed by atoms with Crippen LogP contribution in [0.1, 0.15) is 44.7 Å². The van der Waals surface area contributed by atoms with E-state index in [2.05, 4.69) is 32.2 Å². The molecule has 1 unspecified atom stereocenters. The second kappa shape index (κ2) is 10.8. The maximum absolute atomic E-state index is 12.3. The van der Waals surface area contributed by atoms with E-state index >= 15 is 0 Å². The molecule has 8 heteroatoms. The number of benzene rings is 1. The van der Waals surface area contributed by atoms with Crippen molar-refractivity contribution in [3.05, 3.63) is 35.4 Å². The lowest BCUT2D eigenvalue weighted by molar-refractivity contribution is 0.267. The van der Waals surface area contributed by atoms with Gasteiger partial charge in [-0.05, 0) is 50.9 Å². The van der Waals surface area contributed by atoms with E-state index in [9.17, 15) is 8.42 Å². The zero-order chi connectivity index (χ0) is 20.6. The third-order valence-corrected chi connectivity index (χ3v) is 6.48. The number of likely N-dealkylation sites (N-methyl/N-ethyl adjacent to an activating group) is 1. The third kappa shape index (κ3) is 7.07. The Bertz CT molecular complexity index is 749. The predicted octanol–water partition coefficient (Wildman–Crippen LogP) is 1.66. The molecule has 158 valence electrons. The van der Waals surface area contributed by atoms with E-state index in [0.29, 0.717) is 12.6 Å². The second-order valence-corrected chi connectivity index (χ2v) is 9.29. The van der Waals surface area contributed by atoms with Crippen molar-refractivity contribution in [1.82, 2.24) is 20.3 Å². The molecule has 0 amide bonds. The summed E-state index contributed by atoms with van der Waals surface area (Å²) in [6.07, 6.45) is 2.46. The summed E-state index contributed by atoms with van der Waals surface area (Å²) in [5, 5.41) is 6.72. The molecule has 1 heterocycles. The second-order valence-electron chi connectivity index (χ2n) is 7.53. The first kappa shape index (κ1) is 22.6. The molecular weight excluding hydrogens is 374 g/mol. The van der Waals surface area contributed by atoms with Crippen molar-refractivity contribution in [2.45, 2.75) is 58.0 Å². The molecule has 3 N–H and O–H groups in total. The number of likely N-dealkylation sites (tertiary alicyclic amines) is 1. The number of hydrogen-bond donors (Lipinski definition) is 3. The number of nitrogens with zero attached hydrogens (tertiary/aromatic N) is 2. The van der Waals surface area contributed by atoms with Crippen molar-refractivity contribution in [1.29, 1.82) is 0 Å². The van der Waals surface area contributed by atoms with Crippen LogP contribution >= 0.6 is 0 Å². The van der Waals surface area contributed by atoms with Crippen LogP contribution in [0.2, 0.25) is 0 Å². The lowest BCUT2D eigenvalue weighted by Gasteiger charge is -2.24. The summed E-state index contributed by atoms with van der Waals surface area (Å²) in [5.41, 5.74) is 1.75. The van der Waals surface area contributed by atoms with Gasteiger partial charge < -0.3 is 10.6 Å². The largest absolute Gasteiger partial charge is 0.355 e. The lowest BCUT2D eigenvalue weighted by Crippen LogP contribution is -2.44. The van der Waals surface area contributed by atoms with Crippen LogP contribution in [0.5, 0.6) is 0 Å². The minimum Gasteiger partial charge on any atom is -0.355 e. The minimum absolute atomic E-state index is 0.0252. The fourth-order valence-corrected chi connectivity index (χ4v) is 5.13. The summed E-state index contributed by atoms with van der Waals surface area (Å²) in [6, 6.07) is 8.05. The maximum Gasteiger partial charge on any atom is 0.216 e. The Morgan fingerprint density at radius 2 is 1.96 bits per heavy atom. The van der Waals surface area contributed by atoms with Crippen molar-refractivity contribution >= 4 is 16.0 Å². The number of aliphatic imine (C=N–C) groups is 1. The smallest absolute Gasteiger partial charge is 0.216 e. The van der Waals surface area contributed by atoms with E-state index in [1.807, 2.05) is 38.1 Å². The van der Waals surface area contributed by atoms with Gasteiger partial charge in [0.1, 0.15) is 0 Å². The van der Waals surface area contributed by atoms with E-state index in [4.69, 9.17) is 0 Å². The van der Waals surface area contributed by atoms with Gasteiger partial charge in [0.05, 0.1) is 5.75 Å². The Morgan fingerprint density at radius 1 is 1.25 bits per heavy atom. The average Bonchev–Trinajstić information content (AvgIpc) is 3.09. The van der Waals surface area contributed by atoms with Crippen LogP contribution in [0.3, 0.4) is 0 Å². The molecule has 0 spiro atoms. The SMILES string of the molecule is CCN1CCCC1CNC(=NC)NCc1ccccc1CS(=O)(=O)NC(C)C. The van der Waals surface area contributed by atoms with Crippen LogP contribution in [-0.2, 0) is 22.3 Å². The predicted molar refractivity (Wildman–Crippen MR) is 116 cm³/mol. The Balaban J connectivity index is 1.94. The monoisotopic (exact) mass is 409 g/mol. The third-order valence-electron chi connectivity index (χ3n) is 4.96. The number of nitrogens with one attached hydrogen (secondary N) is 3. The van der Waals surface area contributed by atoms with Crippen LogP contribution in [-0.4, -0.2) is 58.0 Å². The number of rotatable bonds is 9. The highest BCUT2D eigenvalue weighted by Crippen LogP contribution is 2.15. The summed E-state index contributed by atoms with van der Waals surface area (Å²) in [5.74, 6) is 0.712. The summed E-state index contributed by atoms with van der Waals surface area (Å²) < 4.78 is 27.2. The normalized spacial score (nSPS) is 18.6. The van der Waals surface area contributed by atoms with E-state index in [1.165, 1.54) is 19.4 Å². The van der Waals surface area contributed by atoms with Gasteiger partial charge in [-0.1, -0.05) is 31.2 Å². The molecule has 0 bridgehead atoms. The first-order chi connectivity index (χ1) is 13.3. The van der Waals surface area contributed by atoms with E-state index in [1.54, 1.807) is 7.05 Å². The molecule has 1 aliphatic heterocycles. The summed E-state index contributed by atoms with van der Waals surface area (Å²) >= 11 is 0. The highest BCUT2D eigenvalue weighted by Gasteiger charge is 2.22. The molecular formula is C20H35N5O2S. The zero-order valence-corrected chi connectivity index (χ0v) is 18.3. The van der Waals surface area contributed by atoms with Gasteiger partial charge in [-0.3, -0.25) is 9.89 Å². The highest BCUT2D eigenvalue weighted by molar-refractivity contribution is 7.88. The van der Waals surface area contributed by atoms with Crippen molar-refractivity contribution in [2.75, 3.05) is 26.7 Å². The van der Waals surface area contributed by atoms with Gasteiger partial charge in [-0.25, -0.2) is 13.1 Å². The molecule has 1 saturated heterocycles. The molecule has 28 heavy (non-hydrogen) atoms. The first-order valence-corrected chi connectivity index (χ1v) is 11.7. The Labute approximate surface area is 170 Å². The van der Waals surface area contributed by atoms with Crippen LogP contribution in [0.25, 0.3) is 0 Å². The van der Waals surface area contributed by atoms with Crippen molar-refractivity contribution in [3.8, 4) is 0 Å². The van der Waals surface area contributed by atoms with Gasteiger partial charge in [-0.15, -0.1) is 0 Å². The van der Waals surface area contributed by atoms with Crippen LogP contribution < -0.4 is 15.4 Å². The van der Waals surface area contributed by atoms with Crippen molar-refractivity contribution in [2.24, 2.45) is 4.99 Å². The molecule has 0 saturated carbocycles. The van der Waals surface area contributed by atoms with E-state index in [0.717, 1.165) is 30.2 Å². The van der Waals surface area contributed by atoms with Crippen molar-refractivity contribution in [3.63, 3.8) is 0 Å². The Morgan fingerprint density at radius 3 is 2.61 bits per heavy atom. The Kier molecular flexibility index (Phi) is 8.72. The number of sulfonamides is 1. The quantitative estimate of drug-likeness (QED) is 0.427. The van der Waals surface area contributed by atoms with Gasteiger partial charge >= 0.3 is 0 Å². The maximum atomic E-state index is 12.3. The van der Waals surface area contributed by atoms with E-state index < -0.39 is 10.0 Å². The van der Waals surface area contributed by atoms with E-state index in [-0.39, 0.29) is 11.8 Å². The lowest BCUT2D eigenvalue weighted by atomic mass is 10.1. The molecule has 2 rings (SSSR count). The summed E-state index contributed by atoms with van der Waals surface area (Å²) in [6.45, 7) is 9.47. The van der Waals surface area contributed by atoms with Gasteiger partial charge in [0.15, 0.2) is 5.96 Å². The molecule has 1 aliphatic rings. The molecule has 1 atom stereocenters. The molecule has 1 aromatic carbocycles. The van der Waals surface area contributed by atoms with Crippen LogP contribution in [0, 0.1) is 0 Å². The zero-order valence-electron chi connectivity index (χ0n) is 17.5. The topological polar surface area (TPSA) is 85.8 Å². The number of hydrogen-bond acceptors (Lipinski definition) is 4.